The molecule has 3 rings (SSSR count). The molecule has 2 aromatic rings. The molecule has 1 aliphatic heterocycles. The molecule has 140 valence electrons. The first kappa shape index (κ1) is 18.7. The van der Waals surface area contributed by atoms with Crippen LogP contribution in [0.25, 0.3) is 0 Å². The van der Waals surface area contributed by atoms with E-state index < -0.39 is 0 Å². The van der Waals surface area contributed by atoms with E-state index in [9.17, 15) is 0 Å². The summed E-state index contributed by atoms with van der Waals surface area (Å²) in [6, 6.07) is 1.98. The molecule has 0 aliphatic carbocycles. The van der Waals surface area contributed by atoms with Gasteiger partial charge in [0.15, 0.2) is 0 Å². The van der Waals surface area contributed by atoms with Crippen molar-refractivity contribution in [2.45, 2.75) is 0 Å². The van der Waals surface area contributed by atoms with Gasteiger partial charge >= 0.3 is 0 Å². The highest BCUT2D eigenvalue weighted by Gasteiger charge is 2.19. The molecule has 1 aliphatic rings. The summed E-state index contributed by atoms with van der Waals surface area (Å²) < 4.78 is 6.43. The summed E-state index contributed by atoms with van der Waals surface area (Å²) in [4.78, 5) is 20.0. The number of anilines is 4. The number of nitrogens with zero attached hydrogens (tertiary/aromatic N) is 6. The Morgan fingerprint density at radius 2 is 1.92 bits per heavy atom. The number of aromatic nitrogens is 3. The Balaban J connectivity index is 1.87. The minimum Gasteiger partial charge on any atom is -0.494 e. The Morgan fingerprint density at radius 1 is 1.19 bits per heavy atom. The number of nitrogens with one attached hydrogen (secondary N) is 1. The van der Waals surface area contributed by atoms with Crippen LogP contribution >= 0.6 is 15.9 Å². The fourth-order valence-corrected chi connectivity index (χ4v) is 3.23. The quantitative estimate of drug-likeness (QED) is 0.787. The van der Waals surface area contributed by atoms with Crippen LogP contribution in [0, 0.1) is 0 Å². The van der Waals surface area contributed by atoms with Gasteiger partial charge in [0.2, 0.25) is 5.95 Å². The minimum absolute atomic E-state index is 0.560. The molecule has 2 aromatic heterocycles. The Hall–Kier alpha value is -2.13. The number of likely N-dealkylation sites (N-methyl/N-ethyl adjacent to an activating group) is 1. The number of ether oxygens (including phenoxy) is 1. The van der Waals surface area contributed by atoms with Crippen LogP contribution in [-0.4, -0.2) is 74.3 Å². The van der Waals surface area contributed by atoms with Crippen LogP contribution < -0.4 is 19.9 Å². The van der Waals surface area contributed by atoms with E-state index in [0.717, 1.165) is 53.7 Å². The van der Waals surface area contributed by atoms with Crippen LogP contribution in [-0.2, 0) is 0 Å². The van der Waals surface area contributed by atoms with Gasteiger partial charge in [-0.1, -0.05) is 0 Å². The van der Waals surface area contributed by atoms with Crippen molar-refractivity contribution in [1.82, 2.24) is 19.9 Å². The van der Waals surface area contributed by atoms with Gasteiger partial charge in [-0.25, -0.2) is 9.97 Å². The summed E-state index contributed by atoms with van der Waals surface area (Å²) in [6.45, 7) is 3.99. The summed E-state index contributed by atoms with van der Waals surface area (Å²) in [5.74, 6) is 2.96. The second kappa shape index (κ2) is 8.05. The first-order valence-electron chi connectivity index (χ1n) is 8.45. The molecule has 9 heteroatoms. The predicted octanol–water partition coefficient (Wildman–Crippen LogP) is 2.20. The van der Waals surface area contributed by atoms with Gasteiger partial charge in [0.1, 0.15) is 23.1 Å². The lowest BCUT2D eigenvalue weighted by molar-refractivity contribution is 0.312. The molecule has 26 heavy (non-hydrogen) atoms. The van der Waals surface area contributed by atoms with Gasteiger partial charge in [-0.3, -0.25) is 0 Å². The molecule has 0 spiro atoms. The molecule has 0 saturated carbocycles. The van der Waals surface area contributed by atoms with Crippen molar-refractivity contribution in [3.8, 4) is 5.75 Å². The van der Waals surface area contributed by atoms with E-state index in [4.69, 9.17) is 4.74 Å². The SMILES string of the molecule is CNc1nc(N(C)c2cnc(N3CCN(C)CC3)cc2OC)ncc1Br. The summed E-state index contributed by atoms with van der Waals surface area (Å²) in [5.41, 5.74) is 0.815. The highest BCUT2D eigenvalue weighted by molar-refractivity contribution is 9.10. The van der Waals surface area contributed by atoms with Crippen molar-refractivity contribution in [3.63, 3.8) is 0 Å². The van der Waals surface area contributed by atoms with Crippen molar-refractivity contribution in [2.24, 2.45) is 0 Å². The third-order valence-corrected chi connectivity index (χ3v) is 5.09. The lowest BCUT2D eigenvalue weighted by Gasteiger charge is -2.33. The smallest absolute Gasteiger partial charge is 0.231 e. The Kier molecular flexibility index (Phi) is 5.77. The van der Waals surface area contributed by atoms with Gasteiger partial charge in [0, 0.05) is 52.5 Å². The summed E-state index contributed by atoms with van der Waals surface area (Å²) >= 11 is 3.43. The number of pyridine rings is 1. The number of rotatable bonds is 5. The molecule has 0 aromatic carbocycles. The van der Waals surface area contributed by atoms with Gasteiger partial charge in [0.25, 0.3) is 0 Å². The van der Waals surface area contributed by atoms with Crippen LogP contribution in [0.4, 0.5) is 23.3 Å². The van der Waals surface area contributed by atoms with E-state index in [2.05, 4.69) is 53.0 Å². The first-order chi connectivity index (χ1) is 12.5. The third-order valence-electron chi connectivity index (χ3n) is 4.51. The van der Waals surface area contributed by atoms with Crippen molar-refractivity contribution in [2.75, 3.05) is 69.5 Å². The molecule has 0 amide bonds. The van der Waals surface area contributed by atoms with E-state index in [-0.39, 0.29) is 0 Å². The number of piperazine rings is 1. The molecule has 1 saturated heterocycles. The number of hydrogen-bond acceptors (Lipinski definition) is 8. The summed E-state index contributed by atoms with van der Waals surface area (Å²) in [6.07, 6.45) is 3.54. The maximum absolute atomic E-state index is 5.62. The molecule has 8 nitrogen and oxygen atoms in total. The van der Waals surface area contributed by atoms with Crippen molar-refractivity contribution in [3.05, 3.63) is 22.9 Å². The lowest BCUT2D eigenvalue weighted by atomic mass is 10.3. The Bertz CT molecular complexity index is 765. The predicted molar refractivity (Wildman–Crippen MR) is 108 cm³/mol. The average Bonchev–Trinajstić information content (AvgIpc) is 2.68. The third kappa shape index (κ3) is 3.83. The fraction of sp³-hybridized carbons (Fsp3) is 0.471. The second-order valence-electron chi connectivity index (χ2n) is 6.18. The molecule has 0 atom stereocenters. The standard InChI is InChI=1S/C17H24BrN7O/c1-19-16-12(18)10-21-17(22-16)24(3)13-11-20-15(9-14(13)26-4)25-7-5-23(2)6-8-25/h9-11H,5-8H2,1-4H3,(H,19,21,22). The molecule has 3 heterocycles. The van der Waals surface area contributed by atoms with E-state index in [1.54, 1.807) is 13.3 Å². The van der Waals surface area contributed by atoms with E-state index in [1.807, 2.05) is 31.3 Å². The zero-order chi connectivity index (χ0) is 18.7. The van der Waals surface area contributed by atoms with Crippen LogP contribution in [0.1, 0.15) is 0 Å². The summed E-state index contributed by atoms with van der Waals surface area (Å²) in [5, 5.41) is 3.04. The maximum Gasteiger partial charge on any atom is 0.231 e. The first-order valence-corrected chi connectivity index (χ1v) is 9.24. The summed E-state index contributed by atoms with van der Waals surface area (Å²) in [7, 11) is 7.53. The number of methoxy groups -OCH3 is 1. The molecule has 0 unspecified atom stereocenters. The van der Waals surface area contributed by atoms with Gasteiger partial charge in [-0.05, 0) is 23.0 Å². The molecule has 0 radical (unpaired) electrons. The van der Waals surface area contributed by atoms with E-state index in [1.165, 1.54) is 0 Å². The maximum atomic E-state index is 5.62. The molecule has 1 fully saturated rings. The largest absolute Gasteiger partial charge is 0.494 e. The molecule has 0 bridgehead atoms. The fourth-order valence-electron chi connectivity index (χ4n) is 2.85. The zero-order valence-electron chi connectivity index (χ0n) is 15.5. The molecule has 1 N–H and O–H groups in total. The average molecular weight is 422 g/mol. The number of halogens is 1. The van der Waals surface area contributed by atoms with Crippen molar-refractivity contribution in [1.29, 1.82) is 0 Å². The normalized spacial score (nSPS) is 15.0. The molecular formula is C17H24BrN7O. The second-order valence-corrected chi connectivity index (χ2v) is 7.03. The van der Waals surface area contributed by atoms with Crippen LogP contribution in [0.2, 0.25) is 0 Å². The van der Waals surface area contributed by atoms with E-state index >= 15 is 0 Å². The topological polar surface area (TPSA) is 69.7 Å². The van der Waals surface area contributed by atoms with Gasteiger partial charge in [-0.2, -0.15) is 4.98 Å². The van der Waals surface area contributed by atoms with Gasteiger partial charge in [-0.15, -0.1) is 0 Å². The monoisotopic (exact) mass is 421 g/mol. The van der Waals surface area contributed by atoms with Crippen LogP contribution in [0.5, 0.6) is 5.75 Å². The number of hydrogen-bond donors (Lipinski definition) is 1. The van der Waals surface area contributed by atoms with Gasteiger partial charge in [0.05, 0.1) is 17.8 Å². The Morgan fingerprint density at radius 3 is 2.58 bits per heavy atom. The Labute approximate surface area is 162 Å². The highest BCUT2D eigenvalue weighted by Crippen LogP contribution is 2.34. The minimum atomic E-state index is 0.560. The van der Waals surface area contributed by atoms with Crippen molar-refractivity contribution < 1.29 is 4.74 Å². The molecular weight excluding hydrogens is 398 g/mol. The van der Waals surface area contributed by atoms with Crippen molar-refractivity contribution >= 4 is 39.2 Å². The van der Waals surface area contributed by atoms with Crippen LogP contribution in [0.3, 0.4) is 0 Å². The zero-order valence-corrected chi connectivity index (χ0v) is 17.1. The van der Waals surface area contributed by atoms with E-state index in [0.29, 0.717) is 5.95 Å². The van der Waals surface area contributed by atoms with Crippen LogP contribution in [0.15, 0.2) is 22.9 Å². The highest BCUT2D eigenvalue weighted by atomic mass is 79.9. The van der Waals surface area contributed by atoms with Gasteiger partial charge < -0.3 is 24.8 Å². The lowest BCUT2D eigenvalue weighted by Crippen LogP contribution is -2.44.